The first-order valence-corrected chi connectivity index (χ1v) is 5.93. The lowest BCUT2D eigenvalue weighted by molar-refractivity contribution is 0.319. The highest BCUT2D eigenvalue weighted by atomic mass is 16.3. The SMILES string of the molecule is O=c1[nH]c2cccc(O)c2n1C1CCCCN1. The lowest BCUT2D eigenvalue weighted by Gasteiger charge is -2.24. The van der Waals surface area contributed by atoms with Gasteiger partial charge in [0.25, 0.3) is 0 Å². The number of hydrogen-bond donors (Lipinski definition) is 3. The molecule has 17 heavy (non-hydrogen) atoms. The van der Waals surface area contributed by atoms with E-state index in [4.69, 9.17) is 0 Å². The number of nitrogens with one attached hydrogen (secondary N) is 2. The van der Waals surface area contributed by atoms with Gasteiger partial charge in [0.15, 0.2) is 0 Å². The lowest BCUT2D eigenvalue weighted by Crippen LogP contribution is -2.36. The number of para-hydroxylation sites is 1. The Morgan fingerprint density at radius 2 is 2.24 bits per heavy atom. The van der Waals surface area contributed by atoms with E-state index in [2.05, 4.69) is 10.3 Å². The van der Waals surface area contributed by atoms with Gasteiger partial charge >= 0.3 is 5.69 Å². The minimum Gasteiger partial charge on any atom is -0.506 e. The third kappa shape index (κ3) is 1.63. The van der Waals surface area contributed by atoms with E-state index in [-0.39, 0.29) is 17.6 Å². The molecule has 1 atom stereocenters. The largest absolute Gasteiger partial charge is 0.506 e. The van der Waals surface area contributed by atoms with Crippen molar-refractivity contribution in [2.24, 2.45) is 0 Å². The summed E-state index contributed by atoms with van der Waals surface area (Å²) in [5, 5.41) is 13.2. The number of hydrogen-bond acceptors (Lipinski definition) is 3. The Labute approximate surface area is 98.1 Å². The summed E-state index contributed by atoms with van der Waals surface area (Å²) < 4.78 is 1.63. The molecule has 3 N–H and O–H groups in total. The third-order valence-corrected chi connectivity index (χ3v) is 3.31. The summed E-state index contributed by atoms with van der Waals surface area (Å²) in [5.74, 6) is 0.147. The van der Waals surface area contributed by atoms with Gasteiger partial charge in [0, 0.05) is 0 Å². The molecule has 2 heterocycles. The van der Waals surface area contributed by atoms with Crippen LogP contribution < -0.4 is 11.0 Å². The van der Waals surface area contributed by atoms with Gasteiger partial charge in [0.2, 0.25) is 0 Å². The quantitative estimate of drug-likeness (QED) is 0.695. The van der Waals surface area contributed by atoms with Crippen LogP contribution in [0.2, 0.25) is 0 Å². The van der Waals surface area contributed by atoms with E-state index in [9.17, 15) is 9.90 Å². The number of fused-ring (bicyclic) bond motifs is 1. The number of H-pyrrole nitrogens is 1. The summed E-state index contributed by atoms with van der Waals surface area (Å²) in [6.45, 7) is 0.914. The summed E-state index contributed by atoms with van der Waals surface area (Å²) >= 11 is 0. The molecule has 1 aliphatic heterocycles. The van der Waals surface area contributed by atoms with Gasteiger partial charge in [-0.15, -0.1) is 0 Å². The van der Waals surface area contributed by atoms with Crippen LogP contribution in [0.4, 0.5) is 0 Å². The number of piperidine rings is 1. The second-order valence-corrected chi connectivity index (χ2v) is 4.44. The molecule has 5 nitrogen and oxygen atoms in total. The molecule has 1 aromatic heterocycles. The molecule has 0 saturated carbocycles. The van der Waals surface area contributed by atoms with E-state index < -0.39 is 0 Å². The fourth-order valence-electron chi connectivity index (χ4n) is 2.51. The normalized spacial score (nSPS) is 20.8. The number of aromatic nitrogens is 2. The van der Waals surface area contributed by atoms with Gasteiger partial charge in [-0.05, 0) is 37.9 Å². The maximum Gasteiger partial charge on any atom is 0.327 e. The van der Waals surface area contributed by atoms with Crippen LogP contribution in [0.15, 0.2) is 23.0 Å². The van der Waals surface area contributed by atoms with Crippen molar-refractivity contribution < 1.29 is 5.11 Å². The Bertz CT molecular complexity index is 593. The number of rotatable bonds is 1. The highest BCUT2D eigenvalue weighted by Gasteiger charge is 2.20. The second kappa shape index (κ2) is 3.92. The molecule has 1 saturated heterocycles. The number of phenolic OH excluding ortho intramolecular Hbond substituents is 1. The molecular weight excluding hydrogens is 218 g/mol. The molecule has 0 bridgehead atoms. The fourth-order valence-corrected chi connectivity index (χ4v) is 2.51. The van der Waals surface area contributed by atoms with Gasteiger partial charge in [-0.2, -0.15) is 0 Å². The molecule has 1 aromatic carbocycles. The lowest BCUT2D eigenvalue weighted by atomic mass is 10.1. The van der Waals surface area contributed by atoms with E-state index in [0.717, 1.165) is 25.8 Å². The van der Waals surface area contributed by atoms with Crippen molar-refractivity contribution in [3.05, 3.63) is 28.7 Å². The number of phenols is 1. The number of benzene rings is 1. The molecule has 90 valence electrons. The number of aromatic amines is 1. The average molecular weight is 233 g/mol. The predicted molar refractivity (Wildman–Crippen MR) is 65.1 cm³/mol. The van der Waals surface area contributed by atoms with Crippen LogP contribution in [0, 0.1) is 0 Å². The standard InChI is InChI=1S/C12H15N3O2/c16-9-5-3-4-8-11(9)15(12(17)14-8)10-6-1-2-7-13-10/h3-5,10,13,16H,1-2,6-7H2,(H,14,17). The smallest absolute Gasteiger partial charge is 0.327 e. The van der Waals surface area contributed by atoms with Crippen LogP contribution in [0.5, 0.6) is 5.75 Å². The zero-order valence-electron chi connectivity index (χ0n) is 9.44. The van der Waals surface area contributed by atoms with Gasteiger partial charge in [-0.25, -0.2) is 4.79 Å². The maximum absolute atomic E-state index is 11.9. The van der Waals surface area contributed by atoms with Gasteiger partial charge < -0.3 is 10.1 Å². The molecular formula is C12H15N3O2. The van der Waals surface area contributed by atoms with E-state index in [1.165, 1.54) is 0 Å². The monoisotopic (exact) mass is 233 g/mol. The first-order chi connectivity index (χ1) is 8.27. The third-order valence-electron chi connectivity index (χ3n) is 3.31. The second-order valence-electron chi connectivity index (χ2n) is 4.44. The molecule has 0 spiro atoms. The topological polar surface area (TPSA) is 70.0 Å². The maximum atomic E-state index is 11.9. The Kier molecular flexibility index (Phi) is 2.40. The van der Waals surface area contributed by atoms with Crippen molar-refractivity contribution in [2.45, 2.75) is 25.4 Å². The van der Waals surface area contributed by atoms with Gasteiger partial charge in [0.1, 0.15) is 11.3 Å². The van der Waals surface area contributed by atoms with Gasteiger partial charge in [-0.1, -0.05) is 6.07 Å². The van der Waals surface area contributed by atoms with E-state index in [1.54, 1.807) is 22.8 Å². The Morgan fingerprint density at radius 3 is 3.00 bits per heavy atom. The minimum atomic E-state index is -0.166. The Morgan fingerprint density at radius 1 is 1.35 bits per heavy atom. The van der Waals surface area contributed by atoms with Crippen molar-refractivity contribution >= 4 is 11.0 Å². The summed E-state index contributed by atoms with van der Waals surface area (Å²) in [4.78, 5) is 14.7. The molecule has 0 aliphatic carbocycles. The van der Waals surface area contributed by atoms with Crippen LogP contribution in [-0.4, -0.2) is 21.2 Å². The van der Waals surface area contributed by atoms with Crippen LogP contribution in [-0.2, 0) is 0 Å². The first-order valence-electron chi connectivity index (χ1n) is 5.93. The van der Waals surface area contributed by atoms with Crippen LogP contribution in [0.1, 0.15) is 25.4 Å². The summed E-state index contributed by atoms with van der Waals surface area (Å²) in [6.07, 6.45) is 3.14. The van der Waals surface area contributed by atoms with E-state index in [0.29, 0.717) is 11.0 Å². The van der Waals surface area contributed by atoms with Gasteiger partial charge in [-0.3, -0.25) is 9.88 Å². The summed E-state index contributed by atoms with van der Waals surface area (Å²) in [5.41, 5.74) is 1.11. The van der Waals surface area contributed by atoms with Gasteiger partial charge in [0.05, 0.1) is 11.7 Å². The molecule has 0 amide bonds. The zero-order valence-corrected chi connectivity index (χ0v) is 9.44. The highest BCUT2D eigenvalue weighted by Crippen LogP contribution is 2.26. The van der Waals surface area contributed by atoms with Crippen molar-refractivity contribution in [2.75, 3.05) is 6.54 Å². The average Bonchev–Trinajstić information content (AvgIpc) is 2.68. The van der Waals surface area contributed by atoms with Crippen LogP contribution in [0.25, 0.3) is 11.0 Å². The minimum absolute atomic E-state index is 0.0155. The number of imidazole rings is 1. The first kappa shape index (κ1) is 10.4. The molecule has 1 unspecified atom stereocenters. The molecule has 1 fully saturated rings. The molecule has 2 aromatic rings. The van der Waals surface area contributed by atoms with Crippen LogP contribution in [0.3, 0.4) is 0 Å². The Balaban J connectivity index is 2.20. The number of aromatic hydroxyl groups is 1. The zero-order chi connectivity index (χ0) is 11.8. The summed E-state index contributed by atoms with van der Waals surface area (Å²) in [6, 6.07) is 5.14. The molecule has 0 radical (unpaired) electrons. The van der Waals surface area contributed by atoms with Crippen molar-refractivity contribution in [1.82, 2.24) is 14.9 Å². The molecule has 1 aliphatic rings. The molecule has 5 heteroatoms. The summed E-state index contributed by atoms with van der Waals surface area (Å²) in [7, 11) is 0. The van der Waals surface area contributed by atoms with Crippen LogP contribution >= 0.6 is 0 Å². The molecule has 3 rings (SSSR count). The number of nitrogens with zero attached hydrogens (tertiary/aromatic N) is 1. The van der Waals surface area contributed by atoms with Crippen molar-refractivity contribution in [3.8, 4) is 5.75 Å². The highest BCUT2D eigenvalue weighted by molar-refractivity contribution is 5.81. The van der Waals surface area contributed by atoms with E-state index >= 15 is 0 Å². The fraction of sp³-hybridized carbons (Fsp3) is 0.417. The predicted octanol–water partition coefficient (Wildman–Crippen LogP) is 1.31. The van der Waals surface area contributed by atoms with Crippen molar-refractivity contribution in [3.63, 3.8) is 0 Å². The Hall–Kier alpha value is -1.75. The van der Waals surface area contributed by atoms with Crippen molar-refractivity contribution in [1.29, 1.82) is 0 Å². The van der Waals surface area contributed by atoms with E-state index in [1.807, 2.05) is 0 Å².